The van der Waals surface area contributed by atoms with Crippen LogP contribution in [0.15, 0.2) is 66.1 Å². The van der Waals surface area contributed by atoms with Gasteiger partial charge in [-0.05, 0) is 42.8 Å². The number of halogens is 1. The molecule has 0 spiro atoms. The zero-order valence-electron chi connectivity index (χ0n) is 13.0. The number of thiazole rings is 1. The number of para-hydroxylation sites is 1. The third-order valence-corrected chi connectivity index (χ3v) is 4.48. The summed E-state index contributed by atoms with van der Waals surface area (Å²) in [5.74, 6) is -0.157. The Morgan fingerprint density at radius 3 is 2.62 bits per heavy atom. The van der Waals surface area contributed by atoms with E-state index in [9.17, 15) is 4.79 Å². The summed E-state index contributed by atoms with van der Waals surface area (Å²) < 4.78 is 0. The lowest BCUT2D eigenvalue weighted by Gasteiger charge is -2.18. The highest BCUT2D eigenvalue weighted by Gasteiger charge is 2.18. The van der Waals surface area contributed by atoms with E-state index < -0.39 is 0 Å². The minimum Gasteiger partial charge on any atom is -0.269 e. The van der Waals surface area contributed by atoms with Gasteiger partial charge in [0.25, 0.3) is 5.91 Å². The predicted molar refractivity (Wildman–Crippen MR) is 101 cm³/mol. The van der Waals surface area contributed by atoms with Crippen molar-refractivity contribution >= 4 is 45.7 Å². The lowest BCUT2D eigenvalue weighted by atomic mass is 10.2. The van der Waals surface area contributed by atoms with E-state index in [1.807, 2.05) is 60.8 Å². The fraction of sp³-hybridized carbons (Fsp3) is 0.0526. The standard InChI is InChI=1S/C19H15ClN2OS/c1-14-13-24-19(21-14)22(17-8-3-2-4-9-17)18(23)11-10-15-6-5-7-16(20)12-15/h2-13H,1H3/b11-10+. The average Bonchev–Trinajstić information content (AvgIpc) is 3.00. The fourth-order valence-electron chi connectivity index (χ4n) is 2.21. The van der Waals surface area contributed by atoms with Gasteiger partial charge in [-0.2, -0.15) is 0 Å². The van der Waals surface area contributed by atoms with E-state index in [-0.39, 0.29) is 5.91 Å². The Kier molecular flexibility index (Phi) is 5.08. The van der Waals surface area contributed by atoms with Crippen LogP contribution in [0.5, 0.6) is 0 Å². The summed E-state index contributed by atoms with van der Waals surface area (Å²) >= 11 is 7.42. The van der Waals surface area contributed by atoms with Gasteiger partial charge in [0.05, 0.1) is 11.4 Å². The van der Waals surface area contributed by atoms with E-state index in [0.717, 1.165) is 16.9 Å². The molecule has 0 saturated heterocycles. The number of hydrogen-bond acceptors (Lipinski definition) is 3. The smallest absolute Gasteiger partial charge is 0.257 e. The molecule has 0 N–H and O–H groups in total. The Hall–Kier alpha value is -2.43. The number of aromatic nitrogens is 1. The first-order valence-corrected chi connectivity index (χ1v) is 8.64. The van der Waals surface area contributed by atoms with Gasteiger partial charge in [-0.1, -0.05) is 41.9 Å². The number of nitrogens with zero attached hydrogens (tertiary/aromatic N) is 2. The van der Waals surface area contributed by atoms with Crippen molar-refractivity contribution in [1.29, 1.82) is 0 Å². The molecule has 0 aliphatic heterocycles. The Morgan fingerprint density at radius 1 is 1.17 bits per heavy atom. The Balaban J connectivity index is 1.92. The summed E-state index contributed by atoms with van der Waals surface area (Å²) in [5.41, 5.74) is 2.55. The number of anilines is 2. The Morgan fingerprint density at radius 2 is 1.96 bits per heavy atom. The lowest BCUT2D eigenvalue weighted by Crippen LogP contribution is -2.23. The fourth-order valence-corrected chi connectivity index (χ4v) is 3.23. The van der Waals surface area contributed by atoms with E-state index in [1.165, 1.54) is 17.4 Å². The summed E-state index contributed by atoms with van der Waals surface area (Å²) in [7, 11) is 0. The second-order valence-corrected chi connectivity index (χ2v) is 6.44. The first kappa shape index (κ1) is 16.4. The second-order valence-electron chi connectivity index (χ2n) is 5.17. The van der Waals surface area contributed by atoms with Crippen molar-refractivity contribution in [1.82, 2.24) is 4.98 Å². The largest absolute Gasteiger partial charge is 0.269 e. The number of amides is 1. The molecular formula is C19H15ClN2OS. The van der Waals surface area contributed by atoms with Crippen molar-refractivity contribution in [3.63, 3.8) is 0 Å². The average molecular weight is 355 g/mol. The van der Waals surface area contributed by atoms with Gasteiger partial charge in [0.2, 0.25) is 0 Å². The molecule has 0 aliphatic rings. The SMILES string of the molecule is Cc1csc(N(C(=O)/C=C/c2cccc(Cl)c2)c2ccccc2)n1. The molecule has 0 unspecified atom stereocenters. The zero-order valence-corrected chi connectivity index (χ0v) is 14.6. The second kappa shape index (κ2) is 7.43. The van der Waals surface area contributed by atoms with Crippen LogP contribution >= 0.6 is 22.9 Å². The quantitative estimate of drug-likeness (QED) is 0.581. The van der Waals surface area contributed by atoms with Crippen LogP contribution in [0.1, 0.15) is 11.3 Å². The van der Waals surface area contributed by atoms with Crippen molar-refractivity contribution in [2.24, 2.45) is 0 Å². The van der Waals surface area contributed by atoms with Crippen molar-refractivity contribution in [2.45, 2.75) is 6.92 Å². The van der Waals surface area contributed by atoms with Crippen LogP contribution in [0.2, 0.25) is 5.02 Å². The molecule has 1 amide bonds. The summed E-state index contributed by atoms with van der Waals surface area (Å²) in [6.07, 6.45) is 3.29. The monoisotopic (exact) mass is 354 g/mol. The molecule has 3 aromatic rings. The van der Waals surface area contributed by atoms with Crippen LogP contribution < -0.4 is 4.90 Å². The number of benzene rings is 2. The zero-order chi connectivity index (χ0) is 16.9. The van der Waals surface area contributed by atoms with Gasteiger partial charge in [0.15, 0.2) is 5.13 Å². The van der Waals surface area contributed by atoms with Gasteiger partial charge in [-0.3, -0.25) is 9.69 Å². The molecule has 1 aromatic heterocycles. The topological polar surface area (TPSA) is 33.2 Å². The first-order chi connectivity index (χ1) is 11.6. The first-order valence-electron chi connectivity index (χ1n) is 7.38. The van der Waals surface area contributed by atoms with Crippen molar-refractivity contribution in [3.8, 4) is 0 Å². The van der Waals surface area contributed by atoms with E-state index in [1.54, 1.807) is 17.0 Å². The number of rotatable bonds is 4. The molecule has 0 bridgehead atoms. The lowest BCUT2D eigenvalue weighted by molar-refractivity contribution is -0.113. The Labute approximate surface area is 149 Å². The molecule has 120 valence electrons. The normalized spacial score (nSPS) is 10.9. The summed E-state index contributed by atoms with van der Waals surface area (Å²) in [6.45, 7) is 1.91. The van der Waals surface area contributed by atoms with Crippen LogP contribution in [0.25, 0.3) is 6.08 Å². The highest BCUT2D eigenvalue weighted by Crippen LogP contribution is 2.29. The molecule has 5 heteroatoms. The molecule has 3 nitrogen and oxygen atoms in total. The third kappa shape index (κ3) is 3.91. The van der Waals surface area contributed by atoms with E-state index in [0.29, 0.717) is 10.2 Å². The third-order valence-electron chi connectivity index (χ3n) is 3.30. The number of aryl methyl sites for hydroxylation is 1. The molecule has 0 fully saturated rings. The van der Waals surface area contributed by atoms with Gasteiger partial charge in [-0.15, -0.1) is 11.3 Å². The molecule has 3 rings (SSSR count). The van der Waals surface area contributed by atoms with Crippen LogP contribution in [-0.4, -0.2) is 10.9 Å². The molecule has 2 aromatic carbocycles. The molecule has 0 aliphatic carbocycles. The van der Waals surface area contributed by atoms with E-state index in [4.69, 9.17) is 11.6 Å². The molecular weight excluding hydrogens is 340 g/mol. The van der Waals surface area contributed by atoms with Crippen LogP contribution in [0.3, 0.4) is 0 Å². The van der Waals surface area contributed by atoms with Gasteiger partial charge >= 0.3 is 0 Å². The molecule has 0 saturated carbocycles. The highest BCUT2D eigenvalue weighted by atomic mass is 35.5. The van der Waals surface area contributed by atoms with Crippen molar-refractivity contribution in [3.05, 3.63) is 82.3 Å². The minimum atomic E-state index is -0.157. The number of hydrogen-bond donors (Lipinski definition) is 0. The van der Waals surface area contributed by atoms with E-state index >= 15 is 0 Å². The van der Waals surface area contributed by atoms with Crippen LogP contribution in [0.4, 0.5) is 10.8 Å². The maximum absolute atomic E-state index is 12.8. The summed E-state index contributed by atoms with van der Waals surface area (Å²) in [4.78, 5) is 18.8. The van der Waals surface area contributed by atoms with Crippen LogP contribution in [0, 0.1) is 6.92 Å². The Bertz CT molecular complexity index is 874. The maximum Gasteiger partial charge on any atom is 0.257 e. The van der Waals surface area contributed by atoms with Gasteiger partial charge in [-0.25, -0.2) is 4.98 Å². The van der Waals surface area contributed by atoms with Crippen molar-refractivity contribution < 1.29 is 4.79 Å². The molecule has 0 atom stereocenters. The minimum absolute atomic E-state index is 0.157. The summed E-state index contributed by atoms with van der Waals surface area (Å²) in [5, 5.41) is 3.22. The van der Waals surface area contributed by atoms with Crippen LogP contribution in [-0.2, 0) is 4.79 Å². The van der Waals surface area contributed by atoms with Gasteiger partial charge < -0.3 is 0 Å². The summed E-state index contributed by atoms with van der Waals surface area (Å²) in [6, 6.07) is 16.9. The number of carbonyl (C=O) groups excluding carboxylic acids is 1. The highest BCUT2D eigenvalue weighted by molar-refractivity contribution is 7.14. The predicted octanol–water partition coefficient (Wildman–Crippen LogP) is 5.48. The number of carbonyl (C=O) groups is 1. The molecule has 1 heterocycles. The maximum atomic E-state index is 12.8. The molecule has 0 radical (unpaired) electrons. The molecule has 24 heavy (non-hydrogen) atoms. The van der Waals surface area contributed by atoms with Crippen molar-refractivity contribution in [2.75, 3.05) is 4.90 Å². The van der Waals surface area contributed by atoms with Gasteiger partial charge in [0, 0.05) is 16.5 Å². The van der Waals surface area contributed by atoms with Gasteiger partial charge in [0.1, 0.15) is 0 Å². The van der Waals surface area contributed by atoms with E-state index in [2.05, 4.69) is 4.98 Å².